The van der Waals surface area contributed by atoms with E-state index in [1.807, 2.05) is 37.3 Å². The van der Waals surface area contributed by atoms with Crippen LogP contribution in [0.5, 0.6) is 5.75 Å². The molecule has 0 fully saturated rings. The Morgan fingerprint density at radius 2 is 1.76 bits per heavy atom. The zero-order valence-electron chi connectivity index (χ0n) is 16.3. The first kappa shape index (κ1) is 19.9. The maximum absolute atomic E-state index is 11.9. The molecule has 2 aromatic carbocycles. The van der Waals surface area contributed by atoms with Crippen molar-refractivity contribution in [2.24, 2.45) is 0 Å². The standard InChI is InChI=1S/C21H23N5O3/c1-3-28-17-11-6-5-10-16(17)26-20-18(22)19(23-13-24-20)25-15-9-7-8-14(12-15)21(27)29-4-2/h5-13H,3-4,22H2,1-2H3,(H2,23,24,25,26). The van der Waals surface area contributed by atoms with E-state index in [9.17, 15) is 4.79 Å². The van der Waals surface area contributed by atoms with Crippen LogP contribution in [-0.4, -0.2) is 29.2 Å². The van der Waals surface area contributed by atoms with Gasteiger partial charge in [-0.25, -0.2) is 14.8 Å². The third-order valence-electron chi connectivity index (χ3n) is 3.96. The largest absolute Gasteiger partial charge is 0.492 e. The van der Waals surface area contributed by atoms with Crippen molar-refractivity contribution >= 4 is 34.7 Å². The van der Waals surface area contributed by atoms with Crippen LogP contribution in [0.2, 0.25) is 0 Å². The number of hydrogen-bond acceptors (Lipinski definition) is 8. The average Bonchev–Trinajstić information content (AvgIpc) is 2.73. The van der Waals surface area contributed by atoms with Crippen LogP contribution in [0.15, 0.2) is 54.9 Å². The van der Waals surface area contributed by atoms with Crippen LogP contribution in [0, 0.1) is 0 Å². The van der Waals surface area contributed by atoms with Crippen LogP contribution in [0.3, 0.4) is 0 Å². The molecule has 8 nitrogen and oxygen atoms in total. The molecule has 0 spiro atoms. The number of para-hydroxylation sites is 2. The number of carbonyl (C=O) groups excluding carboxylic acids is 1. The summed E-state index contributed by atoms with van der Waals surface area (Å²) in [7, 11) is 0. The molecule has 1 heterocycles. The van der Waals surface area contributed by atoms with Crippen molar-refractivity contribution in [2.45, 2.75) is 13.8 Å². The summed E-state index contributed by atoms with van der Waals surface area (Å²) in [4.78, 5) is 20.4. The van der Waals surface area contributed by atoms with E-state index >= 15 is 0 Å². The van der Waals surface area contributed by atoms with E-state index in [-0.39, 0.29) is 5.97 Å². The van der Waals surface area contributed by atoms with Gasteiger partial charge in [0.05, 0.1) is 24.5 Å². The molecule has 0 aliphatic carbocycles. The molecule has 29 heavy (non-hydrogen) atoms. The smallest absolute Gasteiger partial charge is 0.338 e. The molecule has 0 aliphatic heterocycles. The Kier molecular flexibility index (Phi) is 6.47. The van der Waals surface area contributed by atoms with E-state index in [0.717, 1.165) is 5.69 Å². The maximum Gasteiger partial charge on any atom is 0.338 e. The maximum atomic E-state index is 11.9. The lowest BCUT2D eigenvalue weighted by Gasteiger charge is -2.15. The molecule has 0 saturated carbocycles. The number of nitrogens with one attached hydrogen (secondary N) is 2. The summed E-state index contributed by atoms with van der Waals surface area (Å²) in [6, 6.07) is 14.4. The summed E-state index contributed by atoms with van der Waals surface area (Å²) in [6.45, 7) is 4.54. The molecule has 0 unspecified atom stereocenters. The Bertz CT molecular complexity index is 994. The lowest BCUT2D eigenvalue weighted by molar-refractivity contribution is 0.0526. The molecule has 0 amide bonds. The molecule has 0 radical (unpaired) electrons. The zero-order valence-corrected chi connectivity index (χ0v) is 16.3. The summed E-state index contributed by atoms with van der Waals surface area (Å²) in [5, 5.41) is 6.30. The van der Waals surface area contributed by atoms with Crippen LogP contribution in [0.25, 0.3) is 0 Å². The van der Waals surface area contributed by atoms with Crippen molar-refractivity contribution in [3.63, 3.8) is 0 Å². The normalized spacial score (nSPS) is 10.3. The monoisotopic (exact) mass is 393 g/mol. The number of anilines is 5. The Balaban J connectivity index is 1.83. The molecule has 0 saturated heterocycles. The van der Waals surface area contributed by atoms with E-state index in [4.69, 9.17) is 15.2 Å². The minimum atomic E-state index is -0.387. The fourth-order valence-corrected chi connectivity index (χ4v) is 2.65. The molecule has 0 aliphatic rings. The second-order valence-electron chi connectivity index (χ2n) is 5.97. The van der Waals surface area contributed by atoms with Gasteiger partial charge in [-0.05, 0) is 44.2 Å². The van der Waals surface area contributed by atoms with Crippen molar-refractivity contribution in [1.29, 1.82) is 0 Å². The SMILES string of the molecule is CCOC(=O)c1cccc(Nc2ncnc(Nc3ccccc3OCC)c2N)c1. The highest BCUT2D eigenvalue weighted by Gasteiger charge is 2.12. The number of nitrogen functional groups attached to an aromatic ring is 1. The highest BCUT2D eigenvalue weighted by atomic mass is 16.5. The topological polar surface area (TPSA) is 111 Å². The fourth-order valence-electron chi connectivity index (χ4n) is 2.65. The molecule has 4 N–H and O–H groups in total. The molecular formula is C21H23N5O3. The van der Waals surface area contributed by atoms with Gasteiger partial charge in [0, 0.05) is 5.69 Å². The molecule has 8 heteroatoms. The van der Waals surface area contributed by atoms with Crippen molar-refractivity contribution < 1.29 is 14.3 Å². The first-order valence-electron chi connectivity index (χ1n) is 9.25. The number of aromatic nitrogens is 2. The first-order chi connectivity index (χ1) is 14.1. The Labute approximate surface area is 169 Å². The number of carbonyl (C=O) groups is 1. The number of esters is 1. The van der Waals surface area contributed by atoms with Gasteiger partial charge in [0.1, 0.15) is 17.8 Å². The number of nitrogens with zero attached hydrogens (tertiary/aromatic N) is 2. The second-order valence-corrected chi connectivity index (χ2v) is 5.97. The van der Waals surface area contributed by atoms with Gasteiger partial charge in [-0.15, -0.1) is 0 Å². The van der Waals surface area contributed by atoms with E-state index in [2.05, 4.69) is 20.6 Å². The lowest BCUT2D eigenvalue weighted by Crippen LogP contribution is -2.07. The average molecular weight is 393 g/mol. The molecule has 3 aromatic rings. The van der Waals surface area contributed by atoms with Crippen LogP contribution in [0.4, 0.5) is 28.7 Å². The van der Waals surface area contributed by atoms with Gasteiger partial charge in [-0.2, -0.15) is 0 Å². The van der Waals surface area contributed by atoms with Gasteiger partial charge in [-0.1, -0.05) is 18.2 Å². The summed E-state index contributed by atoms with van der Waals surface area (Å²) in [5.41, 5.74) is 8.44. The predicted molar refractivity (Wildman–Crippen MR) is 113 cm³/mol. The van der Waals surface area contributed by atoms with Crippen LogP contribution in [-0.2, 0) is 4.74 Å². The number of ether oxygens (including phenoxy) is 2. The third kappa shape index (κ3) is 4.92. The highest BCUT2D eigenvalue weighted by Crippen LogP contribution is 2.32. The van der Waals surface area contributed by atoms with Crippen LogP contribution < -0.4 is 21.1 Å². The molecule has 150 valence electrons. The number of nitrogens with two attached hydrogens (primary N) is 1. The van der Waals surface area contributed by atoms with Gasteiger partial charge in [0.15, 0.2) is 11.6 Å². The summed E-state index contributed by atoms with van der Waals surface area (Å²) in [5.74, 6) is 1.17. The molecular weight excluding hydrogens is 370 g/mol. The van der Waals surface area contributed by atoms with Gasteiger partial charge in [-0.3, -0.25) is 0 Å². The van der Waals surface area contributed by atoms with Gasteiger partial charge < -0.3 is 25.8 Å². The van der Waals surface area contributed by atoms with E-state index in [0.29, 0.717) is 47.5 Å². The Morgan fingerprint density at radius 3 is 2.52 bits per heavy atom. The summed E-state index contributed by atoms with van der Waals surface area (Å²) < 4.78 is 10.7. The minimum Gasteiger partial charge on any atom is -0.492 e. The Hall–Kier alpha value is -3.81. The quantitative estimate of drug-likeness (QED) is 0.490. The van der Waals surface area contributed by atoms with E-state index in [1.54, 1.807) is 25.1 Å². The molecule has 3 rings (SSSR count). The molecule has 0 atom stereocenters. The van der Waals surface area contributed by atoms with Crippen molar-refractivity contribution in [3.8, 4) is 5.75 Å². The fraction of sp³-hybridized carbons (Fsp3) is 0.190. The van der Waals surface area contributed by atoms with Crippen LogP contribution >= 0.6 is 0 Å². The molecule has 0 bridgehead atoms. The van der Waals surface area contributed by atoms with Crippen molar-refractivity contribution in [3.05, 3.63) is 60.4 Å². The number of rotatable bonds is 8. The zero-order chi connectivity index (χ0) is 20.6. The highest BCUT2D eigenvalue weighted by molar-refractivity contribution is 5.91. The number of benzene rings is 2. The first-order valence-corrected chi connectivity index (χ1v) is 9.25. The lowest BCUT2D eigenvalue weighted by atomic mass is 10.2. The number of hydrogen-bond donors (Lipinski definition) is 3. The summed E-state index contributed by atoms with van der Waals surface area (Å²) in [6.07, 6.45) is 1.40. The Morgan fingerprint density at radius 1 is 1.00 bits per heavy atom. The van der Waals surface area contributed by atoms with E-state index in [1.165, 1.54) is 6.33 Å². The second kappa shape index (κ2) is 9.41. The van der Waals surface area contributed by atoms with Gasteiger partial charge in [0.2, 0.25) is 0 Å². The van der Waals surface area contributed by atoms with Crippen LogP contribution in [0.1, 0.15) is 24.2 Å². The minimum absolute atomic E-state index is 0.313. The predicted octanol–water partition coefficient (Wildman–Crippen LogP) is 4.12. The summed E-state index contributed by atoms with van der Waals surface area (Å²) >= 11 is 0. The van der Waals surface area contributed by atoms with Crippen molar-refractivity contribution in [1.82, 2.24) is 9.97 Å². The molecule has 1 aromatic heterocycles. The van der Waals surface area contributed by atoms with E-state index < -0.39 is 0 Å². The van der Waals surface area contributed by atoms with Gasteiger partial charge >= 0.3 is 5.97 Å². The van der Waals surface area contributed by atoms with Crippen molar-refractivity contribution in [2.75, 3.05) is 29.6 Å². The third-order valence-corrected chi connectivity index (χ3v) is 3.96. The van der Waals surface area contributed by atoms with Gasteiger partial charge in [0.25, 0.3) is 0 Å².